The number of nitriles is 1. The molecule has 2 aromatic rings. The molecule has 2 rings (SSSR count). The van der Waals surface area contributed by atoms with Gasteiger partial charge in [0.05, 0.1) is 11.3 Å². The van der Waals surface area contributed by atoms with Gasteiger partial charge in [0.15, 0.2) is 5.82 Å². The van der Waals surface area contributed by atoms with Crippen LogP contribution in [0.5, 0.6) is 0 Å². The largest absolute Gasteiger partial charge is 0.337 e. The van der Waals surface area contributed by atoms with Crippen LogP contribution >= 0.6 is 11.6 Å². The van der Waals surface area contributed by atoms with Crippen molar-refractivity contribution in [1.29, 1.82) is 5.26 Å². The molecule has 0 spiro atoms. The Morgan fingerprint density at radius 3 is 2.89 bits per heavy atom. The van der Waals surface area contributed by atoms with Crippen molar-refractivity contribution in [2.24, 2.45) is 0 Å². The second-order valence-electron chi connectivity index (χ2n) is 3.74. The number of hydrogen-bond donors (Lipinski definition) is 1. The maximum Gasteiger partial charge on any atom is 0.150 e. The van der Waals surface area contributed by atoms with Gasteiger partial charge < -0.3 is 5.32 Å². The Balaban J connectivity index is 2.41. The second kappa shape index (κ2) is 5.03. The van der Waals surface area contributed by atoms with Crippen LogP contribution < -0.4 is 5.32 Å². The van der Waals surface area contributed by atoms with Gasteiger partial charge in [0.2, 0.25) is 0 Å². The van der Waals surface area contributed by atoms with E-state index in [0.717, 1.165) is 5.56 Å². The number of rotatable bonds is 2. The van der Waals surface area contributed by atoms with Crippen molar-refractivity contribution in [3.63, 3.8) is 0 Å². The van der Waals surface area contributed by atoms with Gasteiger partial charge in [-0.05, 0) is 30.7 Å². The lowest BCUT2D eigenvalue weighted by Gasteiger charge is -2.09. The SMILES string of the molecule is Cc1ccc(F)c(Nc2nccc(C#N)c2Cl)c1. The Labute approximate surface area is 109 Å². The molecule has 18 heavy (non-hydrogen) atoms. The van der Waals surface area contributed by atoms with Gasteiger partial charge in [-0.2, -0.15) is 5.26 Å². The molecule has 1 heterocycles. The van der Waals surface area contributed by atoms with Crippen LogP contribution in [0.1, 0.15) is 11.1 Å². The van der Waals surface area contributed by atoms with Crippen molar-refractivity contribution in [3.05, 3.63) is 52.4 Å². The van der Waals surface area contributed by atoms with E-state index < -0.39 is 5.82 Å². The summed E-state index contributed by atoms with van der Waals surface area (Å²) in [5.41, 5.74) is 1.48. The van der Waals surface area contributed by atoms with Crippen LogP contribution in [-0.4, -0.2) is 4.98 Å². The van der Waals surface area contributed by atoms with Crippen LogP contribution in [-0.2, 0) is 0 Å². The minimum atomic E-state index is -0.402. The normalized spacial score (nSPS) is 9.89. The summed E-state index contributed by atoms with van der Waals surface area (Å²) in [6.07, 6.45) is 1.44. The summed E-state index contributed by atoms with van der Waals surface area (Å²) < 4.78 is 13.6. The molecule has 0 aliphatic rings. The first-order valence-corrected chi connectivity index (χ1v) is 5.57. The van der Waals surface area contributed by atoms with E-state index in [4.69, 9.17) is 16.9 Å². The highest BCUT2D eigenvalue weighted by molar-refractivity contribution is 6.34. The first kappa shape index (κ1) is 12.3. The maximum atomic E-state index is 13.6. The molecule has 90 valence electrons. The summed E-state index contributed by atoms with van der Waals surface area (Å²) in [7, 11) is 0. The Kier molecular flexibility index (Phi) is 3.45. The molecule has 1 aromatic heterocycles. The average Bonchev–Trinajstić information content (AvgIpc) is 2.36. The lowest BCUT2D eigenvalue weighted by atomic mass is 10.2. The van der Waals surface area contributed by atoms with Crippen LogP contribution in [0.2, 0.25) is 5.02 Å². The average molecular weight is 262 g/mol. The van der Waals surface area contributed by atoms with Crippen LogP contribution in [0, 0.1) is 24.1 Å². The monoisotopic (exact) mass is 261 g/mol. The fourth-order valence-electron chi connectivity index (χ4n) is 1.48. The Hall–Kier alpha value is -2.12. The zero-order chi connectivity index (χ0) is 13.1. The van der Waals surface area contributed by atoms with E-state index in [1.807, 2.05) is 13.0 Å². The van der Waals surface area contributed by atoms with Gasteiger partial charge in [0.25, 0.3) is 0 Å². The summed E-state index contributed by atoms with van der Waals surface area (Å²) in [4.78, 5) is 3.99. The number of nitrogens with one attached hydrogen (secondary N) is 1. The number of pyridine rings is 1. The number of hydrogen-bond acceptors (Lipinski definition) is 3. The molecule has 0 saturated carbocycles. The molecule has 0 aliphatic carbocycles. The number of anilines is 2. The van der Waals surface area contributed by atoms with Crippen molar-refractivity contribution in [3.8, 4) is 6.07 Å². The van der Waals surface area contributed by atoms with E-state index in [1.54, 1.807) is 12.1 Å². The first-order chi connectivity index (χ1) is 8.61. The molecule has 0 bridgehead atoms. The number of aryl methyl sites for hydroxylation is 1. The third-order valence-corrected chi connectivity index (χ3v) is 2.77. The first-order valence-electron chi connectivity index (χ1n) is 5.19. The van der Waals surface area contributed by atoms with E-state index >= 15 is 0 Å². The fraction of sp³-hybridized carbons (Fsp3) is 0.0769. The van der Waals surface area contributed by atoms with Crippen LogP contribution in [0.3, 0.4) is 0 Å². The van der Waals surface area contributed by atoms with Crippen molar-refractivity contribution < 1.29 is 4.39 Å². The molecule has 0 radical (unpaired) electrons. The van der Waals surface area contributed by atoms with Gasteiger partial charge in [0.1, 0.15) is 16.9 Å². The summed E-state index contributed by atoms with van der Waals surface area (Å²) in [6.45, 7) is 1.85. The van der Waals surface area contributed by atoms with Gasteiger partial charge in [-0.1, -0.05) is 17.7 Å². The molecule has 0 aliphatic heterocycles. The molecule has 0 saturated heterocycles. The third kappa shape index (κ3) is 2.41. The molecule has 0 atom stereocenters. The number of halogens is 2. The highest BCUT2D eigenvalue weighted by atomic mass is 35.5. The predicted octanol–water partition coefficient (Wildman–Crippen LogP) is 3.80. The quantitative estimate of drug-likeness (QED) is 0.895. The van der Waals surface area contributed by atoms with Gasteiger partial charge in [-0.15, -0.1) is 0 Å². The molecule has 0 unspecified atom stereocenters. The van der Waals surface area contributed by atoms with Gasteiger partial charge in [0, 0.05) is 6.20 Å². The Morgan fingerprint density at radius 1 is 1.39 bits per heavy atom. The van der Waals surface area contributed by atoms with Gasteiger partial charge >= 0.3 is 0 Å². The Morgan fingerprint density at radius 2 is 2.17 bits per heavy atom. The molecule has 0 amide bonds. The second-order valence-corrected chi connectivity index (χ2v) is 4.12. The number of aromatic nitrogens is 1. The van der Waals surface area contributed by atoms with Gasteiger partial charge in [-0.25, -0.2) is 9.37 Å². The molecule has 5 heteroatoms. The minimum Gasteiger partial charge on any atom is -0.337 e. The molecular formula is C13H9ClFN3. The summed E-state index contributed by atoms with van der Waals surface area (Å²) >= 11 is 5.98. The molecular weight excluding hydrogens is 253 g/mol. The molecule has 0 fully saturated rings. The van der Waals surface area contributed by atoms with Gasteiger partial charge in [-0.3, -0.25) is 0 Å². The van der Waals surface area contributed by atoms with Crippen molar-refractivity contribution in [2.45, 2.75) is 6.92 Å². The Bertz CT molecular complexity index is 635. The summed E-state index contributed by atoms with van der Waals surface area (Å²) in [6, 6.07) is 8.12. The highest BCUT2D eigenvalue weighted by Gasteiger charge is 2.09. The smallest absolute Gasteiger partial charge is 0.150 e. The van der Waals surface area contributed by atoms with Crippen LogP contribution in [0.25, 0.3) is 0 Å². The zero-order valence-corrected chi connectivity index (χ0v) is 10.3. The molecule has 1 aromatic carbocycles. The van der Waals surface area contributed by atoms with Crippen molar-refractivity contribution >= 4 is 23.1 Å². The fourth-order valence-corrected chi connectivity index (χ4v) is 1.68. The molecule has 3 nitrogen and oxygen atoms in total. The topological polar surface area (TPSA) is 48.7 Å². The third-order valence-electron chi connectivity index (χ3n) is 2.38. The summed E-state index contributed by atoms with van der Waals surface area (Å²) in [5.74, 6) is -0.138. The van der Waals surface area contributed by atoms with E-state index in [0.29, 0.717) is 5.56 Å². The van der Waals surface area contributed by atoms with E-state index in [-0.39, 0.29) is 16.5 Å². The van der Waals surface area contributed by atoms with E-state index in [1.165, 1.54) is 18.3 Å². The predicted molar refractivity (Wildman–Crippen MR) is 68.4 cm³/mol. The van der Waals surface area contributed by atoms with Crippen molar-refractivity contribution in [2.75, 3.05) is 5.32 Å². The van der Waals surface area contributed by atoms with E-state index in [2.05, 4.69) is 10.3 Å². The number of benzene rings is 1. The van der Waals surface area contributed by atoms with Crippen LogP contribution in [0.15, 0.2) is 30.5 Å². The lowest BCUT2D eigenvalue weighted by molar-refractivity contribution is 0.631. The van der Waals surface area contributed by atoms with Crippen molar-refractivity contribution in [1.82, 2.24) is 4.98 Å². The highest BCUT2D eigenvalue weighted by Crippen LogP contribution is 2.27. The van der Waals surface area contributed by atoms with Crippen LogP contribution in [0.4, 0.5) is 15.9 Å². The molecule has 1 N–H and O–H groups in total. The maximum absolute atomic E-state index is 13.6. The standard InChI is InChI=1S/C13H9ClFN3/c1-8-2-3-10(15)11(6-8)18-13-12(14)9(7-16)4-5-17-13/h2-6H,1H3,(H,17,18). The lowest BCUT2D eigenvalue weighted by Crippen LogP contribution is -1.98. The zero-order valence-electron chi connectivity index (χ0n) is 9.54. The minimum absolute atomic E-state index is 0.181. The van der Waals surface area contributed by atoms with E-state index in [9.17, 15) is 4.39 Å². The summed E-state index contributed by atoms with van der Waals surface area (Å²) in [5, 5.41) is 11.8. The number of nitrogens with zero attached hydrogens (tertiary/aromatic N) is 2.